The molecule has 1 aromatic carbocycles. The molecule has 0 spiro atoms. The predicted octanol–water partition coefficient (Wildman–Crippen LogP) is 3.69. The van der Waals surface area contributed by atoms with E-state index in [1.165, 1.54) is 5.57 Å². The van der Waals surface area contributed by atoms with Crippen molar-refractivity contribution in [1.29, 1.82) is 0 Å². The van der Waals surface area contributed by atoms with Crippen molar-refractivity contribution in [2.45, 2.75) is 38.0 Å². The molecule has 2 bridgehead atoms. The first-order valence-corrected chi connectivity index (χ1v) is 9.28. The van der Waals surface area contributed by atoms with Gasteiger partial charge < -0.3 is 4.74 Å². The molecule has 6 heteroatoms. The minimum atomic E-state index is -0.221. The first-order chi connectivity index (χ1) is 13.3. The molecule has 1 amide bonds. The minimum Gasteiger partial charge on any atom is -0.445 e. The highest BCUT2D eigenvalue weighted by molar-refractivity contribution is 5.74. The Hall–Kier alpha value is -3.15. The van der Waals surface area contributed by atoms with Crippen LogP contribution in [0.2, 0.25) is 0 Å². The van der Waals surface area contributed by atoms with Crippen LogP contribution in [0.4, 0.5) is 4.79 Å². The highest BCUT2D eigenvalue weighted by Gasteiger charge is 2.41. The topological polar surface area (TPSA) is 59.7 Å². The quantitative estimate of drug-likeness (QED) is 0.715. The zero-order chi connectivity index (χ0) is 18.2. The number of hydrogen-bond acceptors (Lipinski definition) is 4. The summed E-state index contributed by atoms with van der Waals surface area (Å²) >= 11 is 0. The van der Waals surface area contributed by atoms with Crippen LogP contribution in [0.25, 0.3) is 11.4 Å². The minimum absolute atomic E-state index is 0.0873. The van der Waals surface area contributed by atoms with Gasteiger partial charge in [-0.2, -0.15) is 0 Å². The molecule has 27 heavy (non-hydrogen) atoms. The molecule has 1 fully saturated rings. The summed E-state index contributed by atoms with van der Waals surface area (Å²) in [4.78, 5) is 23.3. The summed E-state index contributed by atoms with van der Waals surface area (Å²) < 4.78 is 7.58. The second kappa shape index (κ2) is 6.54. The van der Waals surface area contributed by atoms with Crippen molar-refractivity contribution < 1.29 is 9.53 Å². The number of imidazole rings is 1. The Morgan fingerprint density at radius 1 is 1.15 bits per heavy atom. The SMILES string of the molecule is O=C(OCc1ccccc1)N1C2C=C(c3cnc4ncccn34)CC1CC2. The van der Waals surface area contributed by atoms with E-state index in [2.05, 4.69) is 16.0 Å². The van der Waals surface area contributed by atoms with Crippen molar-refractivity contribution in [3.63, 3.8) is 0 Å². The molecule has 6 nitrogen and oxygen atoms in total. The van der Waals surface area contributed by atoms with Gasteiger partial charge in [0, 0.05) is 18.4 Å². The van der Waals surface area contributed by atoms with Gasteiger partial charge in [0.2, 0.25) is 5.78 Å². The highest BCUT2D eigenvalue weighted by atomic mass is 16.6. The molecule has 3 aromatic rings. The fourth-order valence-corrected chi connectivity index (χ4v) is 4.16. The number of ether oxygens (including phenoxy) is 1. The Morgan fingerprint density at radius 3 is 2.89 bits per heavy atom. The fourth-order valence-electron chi connectivity index (χ4n) is 4.16. The normalized spacial score (nSPS) is 21.3. The summed E-state index contributed by atoms with van der Waals surface area (Å²) in [6, 6.07) is 12.0. The van der Waals surface area contributed by atoms with Crippen LogP contribution in [0.3, 0.4) is 0 Å². The zero-order valence-corrected chi connectivity index (χ0v) is 14.9. The average Bonchev–Trinajstić information content (AvgIpc) is 3.25. The molecule has 2 aromatic heterocycles. The van der Waals surface area contributed by atoms with E-state index in [1.807, 2.05) is 58.1 Å². The van der Waals surface area contributed by atoms with Crippen LogP contribution < -0.4 is 0 Å². The van der Waals surface area contributed by atoms with Gasteiger partial charge in [0.05, 0.1) is 17.9 Å². The van der Waals surface area contributed by atoms with Gasteiger partial charge in [0.25, 0.3) is 0 Å². The van der Waals surface area contributed by atoms with Crippen LogP contribution in [-0.2, 0) is 11.3 Å². The highest BCUT2D eigenvalue weighted by Crippen LogP contribution is 2.39. The lowest BCUT2D eigenvalue weighted by Gasteiger charge is -2.33. The third kappa shape index (κ3) is 2.87. The molecule has 0 aliphatic carbocycles. The van der Waals surface area contributed by atoms with E-state index in [9.17, 15) is 4.79 Å². The number of fused-ring (bicyclic) bond motifs is 3. The average molecular weight is 360 g/mol. The molecular weight excluding hydrogens is 340 g/mol. The maximum Gasteiger partial charge on any atom is 0.410 e. The van der Waals surface area contributed by atoms with Gasteiger partial charge in [-0.1, -0.05) is 36.4 Å². The molecule has 0 saturated carbocycles. The molecule has 2 atom stereocenters. The van der Waals surface area contributed by atoms with E-state index >= 15 is 0 Å². The van der Waals surface area contributed by atoms with Gasteiger partial charge in [-0.05, 0) is 36.5 Å². The second-order valence-corrected chi connectivity index (χ2v) is 7.08. The number of aromatic nitrogens is 3. The molecule has 2 aliphatic rings. The van der Waals surface area contributed by atoms with E-state index in [-0.39, 0.29) is 18.2 Å². The lowest BCUT2D eigenvalue weighted by Crippen LogP contribution is -2.43. The summed E-state index contributed by atoms with van der Waals surface area (Å²) in [6.07, 6.45) is 10.4. The largest absolute Gasteiger partial charge is 0.445 e. The molecule has 2 unspecified atom stereocenters. The maximum absolute atomic E-state index is 12.7. The number of hydrogen-bond donors (Lipinski definition) is 0. The number of benzene rings is 1. The molecule has 5 rings (SSSR count). The van der Waals surface area contributed by atoms with E-state index in [4.69, 9.17) is 4.74 Å². The van der Waals surface area contributed by atoms with Crippen LogP contribution in [0.15, 0.2) is 61.1 Å². The summed E-state index contributed by atoms with van der Waals surface area (Å²) in [6.45, 7) is 0.311. The number of rotatable bonds is 3. The van der Waals surface area contributed by atoms with Crippen LogP contribution in [-0.4, -0.2) is 37.4 Å². The van der Waals surface area contributed by atoms with Crippen molar-refractivity contribution >= 4 is 17.4 Å². The third-order valence-corrected chi connectivity index (χ3v) is 5.43. The number of carbonyl (C=O) groups excluding carboxylic acids is 1. The Bertz CT molecular complexity index is 1010. The molecule has 0 radical (unpaired) electrons. The first-order valence-electron chi connectivity index (χ1n) is 9.28. The summed E-state index contributed by atoms with van der Waals surface area (Å²) in [5, 5.41) is 0. The van der Waals surface area contributed by atoms with Gasteiger partial charge in [0.1, 0.15) is 6.61 Å². The second-order valence-electron chi connectivity index (χ2n) is 7.08. The van der Waals surface area contributed by atoms with Gasteiger partial charge in [-0.3, -0.25) is 9.30 Å². The van der Waals surface area contributed by atoms with Crippen LogP contribution >= 0.6 is 0 Å². The number of nitrogens with zero attached hydrogens (tertiary/aromatic N) is 4. The van der Waals surface area contributed by atoms with Gasteiger partial charge in [-0.25, -0.2) is 14.8 Å². The van der Waals surface area contributed by atoms with E-state index in [0.717, 1.165) is 30.5 Å². The molecule has 4 heterocycles. The Kier molecular flexibility index (Phi) is 3.89. The first kappa shape index (κ1) is 16.1. The van der Waals surface area contributed by atoms with E-state index in [1.54, 1.807) is 6.20 Å². The Labute approximate surface area is 157 Å². The standard InChI is InChI=1S/C21H20N4O2/c26-21(27-14-15-5-2-1-3-6-15)25-17-7-8-18(25)12-16(11-17)19-13-23-20-22-9-4-10-24(19)20/h1-6,9-11,13,17-18H,7-8,12,14H2. The van der Waals surface area contributed by atoms with E-state index in [0.29, 0.717) is 12.4 Å². The maximum atomic E-state index is 12.7. The van der Waals surface area contributed by atoms with Crippen molar-refractivity contribution in [1.82, 2.24) is 19.3 Å². The van der Waals surface area contributed by atoms with Crippen molar-refractivity contribution in [3.8, 4) is 0 Å². The number of carbonyl (C=O) groups is 1. The summed E-state index contributed by atoms with van der Waals surface area (Å²) in [5.74, 6) is 0.699. The molecular formula is C21H20N4O2. The summed E-state index contributed by atoms with van der Waals surface area (Å²) in [7, 11) is 0. The monoisotopic (exact) mass is 360 g/mol. The Morgan fingerprint density at radius 2 is 2.04 bits per heavy atom. The predicted molar refractivity (Wildman–Crippen MR) is 101 cm³/mol. The molecule has 1 saturated heterocycles. The van der Waals surface area contributed by atoms with Crippen molar-refractivity contribution in [3.05, 3.63) is 72.3 Å². The summed E-state index contributed by atoms with van der Waals surface area (Å²) in [5.41, 5.74) is 3.30. The van der Waals surface area contributed by atoms with Gasteiger partial charge in [0.15, 0.2) is 0 Å². The molecule has 0 N–H and O–H groups in total. The van der Waals surface area contributed by atoms with Gasteiger partial charge >= 0.3 is 6.09 Å². The van der Waals surface area contributed by atoms with Crippen molar-refractivity contribution in [2.24, 2.45) is 0 Å². The third-order valence-electron chi connectivity index (χ3n) is 5.43. The zero-order valence-electron chi connectivity index (χ0n) is 14.9. The fraction of sp³-hybridized carbons (Fsp3) is 0.286. The van der Waals surface area contributed by atoms with Crippen LogP contribution in [0.1, 0.15) is 30.5 Å². The van der Waals surface area contributed by atoms with E-state index < -0.39 is 0 Å². The van der Waals surface area contributed by atoms with Gasteiger partial charge in [-0.15, -0.1) is 0 Å². The Balaban J connectivity index is 1.35. The molecule has 2 aliphatic heterocycles. The lowest BCUT2D eigenvalue weighted by molar-refractivity contribution is 0.0832. The lowest BCUT2D eigenvalue weighted by atomic mass is 9.99. The molecule has 136 valence electrons. The van der Waals surface area contributed by atoms with Crippen LogP contribution in [0, 0.1) is 0 Å². The smallest absolute Gasteiger partial charge is 0.410 e. The van der Waals surface area contributed by atoms with Crippen molar-refractivity contribution in [2.75, 3.05) is 0 Å². The van der Waals surface area contributed by atoms with Crippen LogP contribution in [0.5, 0.6) is 0 Å². The number of amides is 1.